The molecule has 5 heteroatoms. The third kappa shape index (κ3) is 3.19. The van der Waals surface area contributed by atoms with Gasteiger partial charge in [-0.3, -0.25) is 0 Å². The molecule has 1 N–H and O–H groups in total. The number of morpholine rings is 1. The van der Waals surface area contributed by atoms with Gasteiger partial charge in [0.2, 0.25) is 0 Å². The zero-order chi connectivity index (χ0) is 13.0. The SMILES string of the molecule is Cc1ccc(C#N)c(NCC2CN(C)CCO2)n1. The van der Waals surface area contributed by atoms with E-state index in [9.17, 15) is 0 Å². The molecule has 1 aliphatic rings. The van der Waals surface area contributed by atoms with Crippen LogP contribution in [0.2, 0.25) is 0 Å². The lowest BCUT2D eigenvalue weighted by atomic mass is 10.2. The minimum Gasteiger partial charge on any atom is -0.374 e. The molecule has 1 aliphatic heterocycles. The van der Waals surface area contributed by atoms with Gasteiger partial charge >= 0.3 is 0 Å². The Morgan fingerprint density at radius 1 is 1.61 bits per heavy atom. The largest absolute Gasteiger partial charge is 0.374 e. The molecule has 0 aromatic carbocycles. The molecule has 0 radical (unpaired) electrons. The monoisotopic (exact) mass is 246 g/mol. The van der Waals surface area contributed by atoms with Gasteiger partial charge in [0.1, 0.15) is 11.9 Å². The maximum Gasteiger partial charge on any atom is 0.144 e. The molecular formula is C13H18N4O. The van der Waals surface area contributed by atoms with Gasteiger partial charge in [-0.25, -0.2) is 4.98 Å². The fraction of sp³-hybridized carbons (Fsp3) is 0.538. The molecule has 2 rings (SSSR count). The number of nitriles is 1. The topological polar surface area (TPSA) is 61.2 Å². The molecule has 1 saturated heterocycles. The van der Waals surface area contributed by atoms with Crippen molar-refractivity contribution in [1.82, 2.24) is 9.88 Å². The van der Waals surface area contributed by atoms with Crippen molar-refractivity contribution in [1.29, 1.82) is 5.26 Å². The van der Waals surface area contributed by atoms with Crippen LogP contribution in [0.5, 0.6) is 0 Å². The number of nitrogens with one attached hydrogen (secondary N) is 1. The van der Waals surface area contributed by atoms with Gasteiger partial charge in [0.05, 0.1) is 18.3 Å². The summed E-state index contributed by atoms with van der Waals surface area (Å²) in [5.41, 5.74) is 1.47. The van der Waals surface area contributed by atoms with Crippen LogP contribution in [0, 0.1) is 18.3 Å². The van der Waals surface area contributed by atoms with Gasteiger partial charge in [-0.1, -0.05) is 0 Å². The van der Waals surface area contributed by atoms with Crippen LogP contribution in [0.4, 0.5) is 5.82 Å². The molecule has 1 aromatic heterocycles. The minimum atomic E-state index is 0.151. The number of hydrogen-bond donors (Lipinski definition) is 1. The number of rotatable bonds is 3. The molecule has 18 heavy (non-hydrogen) atoms. The standard InChI is InChI=1S/C13H18N4O/c1-10-3-4-11(7-14)13(16-10)15-8-12-9-17(2)5-6-18-12/h3-4,12H,5-6,8-9H2,1-2H3,(H,15,16). The van der Waals surface area contributed by atoms with E-state index in [2.05, 4.69) is 28.3 Å². The number of ether oxygens (including phenoxy) is 1. The van der Waals surface area contributed by atoms with Crippen molar-refractivity contribution >= 4 is 5.82 Å². The van der Waals surface area contributed by atoms with Crippen LogP contribution < -0.4 is 5.32 Å². The predicted octanol–water partition coefficient (Wildman–Crippen LogP) is 1.00. The normalized spacial score (nSPS) is 20.4. The molecule has 1 fully saturated rings. The molecule has 0 aliphatic carbocycles. The maximum absolute atomic E-state index is 9.02. The summed E-state index contributed by atoms with van der Waals surface area (Å²) in [7, 11) is 2.08. The van der Waals surface area contributed by atoms with Gasteiger partial charge in [0.15, 0.2) is 0 Å². The highest BCUT2D eigenvalue weighted by atomic mass is 16.5. The molecule has 2 heterocycles. The third-order valence-corrected chi connectivity index (χ3v) is 2.99. The predicted molar refractivity (Wildman–Crippen MR) is 69.4 cm³/mol. The lowest BCUT2D eigenvalue weighted by Crippen LogP contribution is -2.43. The van der Waals surface area contributed by atoms with E-state index in [1.165, 1.54) is 0 Å². The summed E-state index contributed by atoms with van der Waals surface area (Å²) >= 11 is 0. The highest BCUT2D eigenvalue weighted by Gasteiger charge is 2.17. The van der Waals surface area contributed by atoms with Gasteiger partial charge in [-0.05, 0) is 26.1 Å². The van der Waals surface area contributed by atoms with E-state index >= 15 is 0 Å². The second-order valence-electron chi connectivity index (χ2n) is 4.60. The molecule has 1 atom stereocenters. The Balaban J connectivity index is 1.97. The summed E-state index contributed by atoms with van der Waals surface area (Å²) < 4.78 is 5.66. The Labute approximate surface area is 107 Å². The van der Waals surface area contributed by atoms with Gasteiger partial charge in [0, 0.05) is 25.3 Å². The molecule has 0 bridgehead atoms. The maximum atomic E-state index is 9.02. The third-order valence-electron chi connectivity index (χ3n) is 2.99. The lowest BCUT2D eigenvalue weighted by Gasteiger charge is -2.30. The number of nitrogens with zero attached hydrogens (tertiary/aromatic N) is 3. The molecule has 1 unspecified atom stereocenters. The van der Waals surface area contributed by atoms with Crippen LogP contribution in [-0.2, 0) is 4.74 Å². The van der Waals surface area contributed by atoms with Gasteiger partial charge < -0.3 is 15.0 Å². The Hall–Kier alpha value is -1.64. The van der Waals surface area contributed by atoms with Crippen molar-refractivity contribution in [2.24, 2.45) is 0 Å². The first kappa shape index (κ1) is 12.8. The van der Waals surface area contributed by atoms with Crippen molar-refractivity contribution in [3.05, 3.63) is 23.4 Å². The summed E-state index contributed by atoms with van der Waals surface area (Å²) in [6.07, 6.45) is 0.151. The van der Waals surface area contributed by atoms with E-state index in [0.717, 1.165) is 25.4 Å². The summed E-state index contributed by atoms with van der Waals surface area (Å²) in [6, 6.07) is 5.78. The number of aryl methyl sites for hydroxylation is 1. The van der Waals surface area contributed by atoms with Crippen molar-refractivity contribution in [2.75, 3.05) is 38.6 Å². The van der Waals surface area contributed by atoms with E-state index < -0.39 is 0 Å². The number of pyridine rings is 1. The number of aromatic nitrogens is 1. The quantitative estimate of drug-likeness (QED) is 0.862. The van der Waals surface area contributed by atoms with E-state index in [1.54, 1.807) is 6.07 Å². The second-order valence-corrected chi connectivity index (χ2v) is 4.60. The fourth-order valence-electron chi connectivity index (χ4n) is 1.98. The molecule has 1 aromatic rings. The van der Waals surface area contributed by atoms with Crippen LogP contribution in [0.15, 0.2) is 12.1 Å². The van der Waals surface area contributed by atoms with Crippen LogP contribution in [-0.4, -0.2) is 49.3 Å². The minimum absolute atomic E-state index is 0.151. The van der Waals surface area contributed by atoms with Gasteiger partial charge in [-0.2, -0.15) is 5.26 Å². The van der Waals surface area contributed by atoms with Crippen molar-refractivity contribution in [2.45, 2.75) is 13.0 Å². The van der Waals surface area contributed by atoms with Crippen LogP contribution >= 0.6 is 0 Å². The first-order valence-electron chi connectivity index (χ1n) is 6.11. The van der Waals surface area contributed by atoms with Crippen LogP contribution in [0.3, 0.4) is 0 Å². The Morgan fingerprint density at radius 3 is 3.17 bits per heavy atom. The summed E-state index contributed by atoms with van der Waals surface area (Å²) in [5, 5.41) is 12.2. The number of likely N-dealkylation sites (N-methyl/N-ethyl adjacent to an activating group) is 1. The van der Waals surface area contributed by atoms with Crippen molar-refractivity contribution in [3.63, 3.8) is 0 Å². The van der Waals surface area contributed by atoms with E-state index in [1.807, 2.05) is 13.0 Å². The van der Waals surface area contributed by atoms with Gasteiger partial charge in [0.25, 0.3) is 0 Å². The molecule has 96 valence electrons. The number of anilines is 1. The second kappa shape index (κ2) is 5.80. The number of hydrogen-bond acceptors (Lipinski definition) is 5. The highest BCUT2D eigenvalue weighted by molar-refractivity contribution is 5.52. The lowest BCUT2D eigenvalue weighted by molar-refractivity contribution is -0.0117. The molecular weight excluding hydrogens is 228 g/mol. The molecule has 0 saturated carbocycles. The van der Waals surface area contributed by atoms with Crippen LogP contribution in [0.25, 0.3) is 0 Å². The Bertz CT molecular complexity index is 455. The summed E-state index contributed by atoms with van der Waals surface area (Å²) in [4.78, 5) is 6.59. The average molecular weight is 246 g/mol. The van der Waals surface area contributed by atoms with Crippen molar-refractivity contribution in [3.8, 4) is 6.07 Å². The zero-order valence-electron chi connectivity index (χ0n) is 10.8. The van der Waals surface area contributed by atoms with Crippen LogP contribution in [0.1, 0.15) is 11.3 Å². The van der Waals surface area contributed by atoms with E-state index in [4.69, 9.17) is 10.00 Å². The Kier molecular flexibility index (Phi) is 4.13. The summed E-state index contributed by atoms with van der Waals surface area (Å²) in [6.45, 7) is 5.23. The van der Waals surface area contributed by atoms with Crippen molar-refractivity contribution < 1.29 is 4.74 Å². The van der Waals surface area contributed by atoms with E-state index in [0.29, 0.717) is 17.9 Å². The first-order valence-corrected chi connectivity index (χ1v) is 6.11. The molecule has 0 spiro atoms. The smallest absolute Gasteiger partial charge is 0.144 e. The van der Waals surface area contributed by atoms with E-state index in [-0.39, 0.29) is 6.10 Å². The van der Waals surface area contributed by atoms with Gasteiger partial charge in [-0.15, -0.1) is 0 Å². The summed E-state index contributed by atoms with van der Waals surface area (Å²) in [5.74, 6) is 0.648. The highest BCUT2D eigenvalue weighted by Crippen LogP contribution is 2.13. The molecule has 5 nitrogen and oxygen atoms in total. The first-order chi connectivity index (χ1) is 8.69. The Morgan fingerprint density at radius 2 is 2.44 bits per heavy atom. The average Bonchev–Trinajstić information content (AvgIpc) is 2.37. The fourth-order valence-corrected chi connectivity index (χ4v) is 1.98. The zero-order valence-corrected chi connectivity index (χ0v) is 10.8. The molecule has 0 amide bonds.